The van der Waals surface area contributed by atoms with Gasteiger partial charge in [0.1, 0.15) is 40.0 Å². The second kappa shape index (κ2) is 34.7. The quantitative estimate of drug-likeness (QED) is 0.00586. The maximum Gasteiger partial charge on any atom is 0.355 e. The number of fused-ring (bicyclic) bond motifs is 1. The zero-order valence-electron chi connectivity index (χ0n) is 51.9. The number of rotatable bonds is 32. The molecule has 7 aromatic rings. The number of carbonyl (C=O) groups is 4. The van der Waals surface area contributed by atoms with Gasteiger partial charge in [-0.1, -0.05) is 226 Å². The highest BCUT2D eigenvalue weighted by Crippen LogP contribution is 2.47. The van der Waals surface area contributed by atoms with Crippen molar-refractivity contribution in [1.29, 1.82) is 0 Å². The van der Waals surface area contributed by atoms with E-state index in [1.165, 1.54) is 29.8 Å². The van der Waals surface area contributed by atoms with Crippen molar-refractivity contribution in [3.05, 3.63) is 266 Å². The number of allylic oxidation sites excluding steroid dienone is 2. The highest BCUT2D eigenvalue weighted by Gasteiger charge is 2.54. The number of methoxy groups -OCH3 is 3. The van der Waals surface area contributed by atoms with Gasteiger partial charge in [-0.3, -0.25) is 14.5 Å². The third-order valence-corrected chi connectivity index (χ3v) is 19.1. The third-order valence-electron chi connectivity index (χ3n) is 15.1. The van der Waals surface area contributed by atoms with E-state index < -0.39 is 63.6 Å². The Morgan fingerprint density at radius 1 is 0.758 bits per heavy atom. The van der Waals surface area contributed by atoms with Crippen LogP contribution >= 0.6 is 57.6 Å². The van der Waals surface area contributed by atoms with E-state index in [-0.39, 0.29) is 91.0 Å². The maximum atomic E-state index is 15.5. The van der Waals surface area contributed by atoms with Crippen LogP contribution in [0.15, 0.2) is 226 Å². The number of hydrogen-bond acceptors (Lipinski definition) is 17. The van der Waals surface area contributed by atoms with E-state index in [0.29, 0.717) is 38.3 Å². The molecule has 1 saturated heterocycles. The fourth-order valence-electron chi connectivity index (χ4n) is 10.5. The minimum atomic E-state index is -1.80. The predicted octanol–water partition coefficient (Wildman–Crippen LogP) is 12.7. The highest BCUT2D eigenvalue weighted by molar-refractivity contribution is 14.1. The summed E-state index contributed by atoms with van der Waals surface area (Å²) in [5.74, 6) is -1.63. The van der Waals surface area contributed by atoms with Gasteiger partial charge in [-0.15, -0.1) is 11.8 Å². The molecule has 3 unspecified atom stereocenters. The van der Waals surface area contributed by atoms with Crippen LogP contribution in [-0.4, -0.2) is 117 Å². The number of benzene rings is 7. The van der Waals surface area contributed by atoms with Gasteiger partial charge in [0.05, 0.1) is 45.0 Å². The Hall–Kier alpha value is -7.88. The number of hydrogen-bond donors (Lipinski definition) is 2. The number of nitrogens with zero attached hydrogens (tertiary/aromatic N) is 3. The number of nitrogens with one attached hydrogen (secondary N) is 2. The molecule has 3 heterocycles. The summed E-state index contributed by atoms with van der Waals surface area (Å²) in [6, 6.07) is 55.2. The van der Waals surface area contributed by atoms with Crippen molar-refractivity contribution >= 4 is 97.2 Å². The average molecular weight is 1480 g/mol. The summed E-state index contributed by atoms with van der Waals surface area (Å²) in [5.41, 5.74) is 4.14. The highest BCUT2D eigenvalue weighted by atomic mass is 127. The molecule has 0 saturated carbocycles. The summed E-state index contributed by atoms with van der Waals surface area (Å²) >= 11 is 18.1. The van der Waals surface area contributed by atoms with E-state index >= 15 is 4.79 Å². The molecule has 10 rings (SSSR count). The molecule has 494 valence electrons. The van der Waals surface area contributed by atoms with Crippen LogP contribution in [0, 0.1) is 0 Å². The van der Waals surface area contributed by atoms with Gasteiger partial charge in [0.2, 0.25) is 12.0 Å². The number of halogens is 3. The Morgan fingerprint density at radius 2 is 1.33 bits per heavy atom. The number of carbonyl (C=O) groups excluding carboxylic acids is 4. The number of aliphatic imine (C=N–C) groups is 1. The molecule has 3 aliphatic rings. The molecular formula is C71H68Cl2IN5O14S2. The van der Waals surface area contributed by atoms with Gasteiger partial charge in [-0.2, -0.15) is 0 Å². The van der Waals surface area contributed by atoms with Crippen LogP contribution in [0.3, 0.4) is 0 Å². The van der Waals surface area contributed by atoms with Crippen LogP contribution in [0.1, 0.15) is 57.6 Å². The standard InChI is InChI=1S/C71H68Cl2IN5O14S2/c1-84-36-38-87-45-90-57-41-56(59(72)60(73)65(57)91-46-88-39-37-85-2)64(69(83)92-63(48-20-9-4-10-21-48)49-22-11-5-12-23-49)93-78-95-44-54(75-70(95)77-71(51-25-13-6-14-26-51,52-27-15-7-16-28-52)53-29-17-8-18-30-53)40-58(80)76-61-66(81)79-62(50(24-19-35-74)43-94-67(61)79)68(82)89-42-47-31-33-55(86-3)34-32-47/h4-34,41,44,61,63-64,67H,35-40,42-43,45-46H2,1-3H3,(H,75,77)(H,76,80)/b24-19-/t61-,64?,67?,95?/m1/s1. The monoisotopic (exact) mass is 1480 g/mol. The molecule has 0 aliphatic carbocycles. The van der Waals surface area contributed by atoms with Crippen LogP contribution in [0.4, 0.5) is 0 Å². The number of amides is 2. The molecule has 0 radical (unpaired) electrons. The third kappa shape index (κ3) is 17.2. The van der Waals surface area contributed by atoms with Gasteiger partial charge < -0.3 is 53.3 Å². The molecule has 2 amide bonds. The molecule has 3 aliphatic heterocycles. The zero-order valence-corrected chi connectivity index (χ0v) is 57.2. The molecule has 0 spiro atoms. The topological polar surface area (TPSA) is 213 Å². The van der Waals surface area contributed by atoms with Crippen LogP contribution < -0.4 is 24.8 Å². The van der Waals surface area contributed by atoms with Crippen LogP contribution in [0.2, 0.25) is 10.0 Å². The molecule has 24 heteroatoms. The fraction of sp³-hybridized carbons (Fsp3) is 0.254. The Labute approximate surface area is 581 Å². The van der Waals surface area contributed by atoms with E-state index in [0.717, 1.165) is 22.3 Å². The number of alkyl halides is 1. The Balaban J connectivity index is 1.04. The lowest BCUT2D eigenvalue weighted by Gasteiger charge is -2.49. The zero-order chi connectivity index (χ0) is 66.5. The lowest BCUT2D eigenvalue weighted by atomic mass is 9.77. The van der Waals surface area contributed by atoms with Crippen molar-refractivity contribution in [2.45, 2.75) is 42.2 Å². The molecule has 1 fully saturated rings. The van der Waals surface area contributed by atoms with Gasteiger partial charge in [0.15, 0.2) is 36.4 Å². The SMILES string of the molecule is COCCOCOc1cc(C(ON=S2C=C(CC(=O)N[C@@H]3C(=O)N4C(C(=O)OCc5ccc(OC)cc5)=C(/C=C\CI)CSC34)NC2=NC(c2ccccc2)(c2ccccc2)c2ccccc2)C(=O)OC(c2ccccc2)c2ccccc2)c(Cl)c(Cl)c1OCOCCOC. The smallest absolute Gasteiger partial charge is 0.355 e. The maximum absolute atomic E-state index is 15.5. The molecule has 2 N–H and O–H groups in total. The Kier molecular flexibility index (Phi) is 25.5. The molecule has 0 aromatic heterocycles. The largest absolute Gasteiger partial charge is 0.497 e. The van der Waals surface area contributed by atoms with E-state index in [1.807, 2.05) is 164 Å². The normalized spacial score (nSPS) is 16.9. The van der Waals surface area contributed by atoms with Crippen LogP contribution in [0.5, 0.6) is 17.2 Å². The summed E-state index contributed by atoms with van der Waals surface area (Å²) in [4.78, 5) is 72.2. The molecule has 7 aromatic carbocycles. The lowest BCUT2D eigenvalue weighted by Crippen LogP contribution is -2.70. The van der Waals surface area contributed by atoms with Crippen molar-refractivity contribution in [2.75, 3.05) is 71.5 Å². The summed E-state index contributed by atoms with van der Waals surface area (Å²) in [7, 11) is 3.04. The average Bonchev–Trinajstić information content (AvgIpc) is 0.830. The summed E-state index contributed by atoms with van der Waals surface area (Å²) in [6.07, 6.45) is 0.657. The number of thioether (sulfide) groups is 1. The Morgan fingerprint density at radius 3 is 1.88 bits per heavy atom. The first-order valence-electron chi connectivity index (χ1n) is 30.0. The second-order valence-corrected chi connectivity index (χ2v) is 25.4. The van der Waals surface area contributed by atoms with Crippen molar-refractivity contribution in [3.8, 4) is 17.2 Å². The first kappa shape index (κ1) is 69.9. The van der Waals surface area contributed by atoms with E-state index in [2.05, 4.69) is 33.2 Å². The van der Waals surface area contributed by atoms with Crippen molar-refractivity contribution in [2.24, 2.45) is 9.52 Å². The van der Waals surface area contributed by atoms with Crippen molar-refractivity contribution in [1.82, 2.24) is 15.5 Å². The van der Waals surface area contributed by atoms with Crippen molar-refractivity contribution in [3.63, 3.8) is 0 Å². The molecule has 0 bridgehead atoms. The first-order valence-corrected chi connectivity index (χ1v) is 34.6. The predicted molar refractivity (Wildman–Crippen MR) is 373 cm³/mol. The molecule has 95 heavy (non-hydrogen) atoms. The number of β-lactam (4-membered cyclic amide) rings is 1. The molecular weight excluding hydrogens is 1410 g/mol. The van der Waals surface area contributed by atoms with E-state index in [9.17, 15) is 14.4 Å². The number of esters is 2. The van der Waals surface area contributed by atoms with E-state index in [1.54, 1.807) is 43.9 Å². The number of amidine groups is 1. The summed E-state index contributed by atoms with van der Waals surface area (Å²) in [5, 5.41) is 7.33. The van der Waals surface area contributed by atoms with Crippen LogP contribution in [0.25, 0.3) is 0 Å². The minimum Gasteiger partial charge on any atom is -0.497 e. The summed E-state index contributed by atoms with van der Waals surface area (Å²) in [6.45, 7) is 0.284. The lowest BCUT2D eigenvalue weighted by molar-refractivity contribution is -0.161. The second-order valence-electron chi connectivity index (χ2n) is 21.2. The molecule has 19 nitrogen and oxygen atoms in total. The minimum absolute atomic E-state index is 0.00454. The van der Waals surface area contributed by atoms with Gasteiger partial charge >= 0.3 is 11.9 Å². The van der Waals surface area contributed by atoms with Gasteiger partial charge in [0, 0.05) is 51.8 Å². The van der Waals surface area contributed by atoms with Crippen LogP contribution in [-0.2, 0) is 75.3 Å². The summed E-state index contributed by atoms with van der Waals surface area (Å²) < 4.78 is 57.0. The van der Waals surface area contributed by atoms with Crippen molar-refractivity contribution < 1.29 is 66.6 Å². The van der Waals surface area contributed by atoms with E-state index in [4.69, 9.17) is 80.2 Å². The fourth-order valence-corrected chi connectivity index (χ4v) is 13.9. The van der Waals surface area contributed by atoms with Gasteiger partial charge in [0.25, 0.3) is 5.91 Å². The van der Waals surface area contributed by atoms with Gasteiger partial charge in [-0.25, -0.2) is 19.4 Å². The Bertz CT molecular complexity index is 3800. The van der Waals surface area contributed by atoms with Gasteiger partial charge in [-0.05, 0) is 57.2 Å². The molecule has 4 atom stereocenters. The number of ether oxygens (including phenoxy) is 9. The first-order chi connectivity index (χ1) is 46.5.